The van der Waals surface area contributed by atoms with Gasteiger partial charge >= 0.3 is 0 Å². The van der Waals surface area contributed by atoms with E-state index in [0.717, 1.165) is 0 Å². The SMILES string of the molecule is CNCC1(Cc2ccsc2)CCCCC1. The molecule has 0 unspecified atom stereocenters. The normalized spacial score (nSPS) is 20.3. The molecule has 0 aliphatic heterocycles. The third-order valence-corrected chi connectivity index (χ3v) is 4.36. The van der Waals surface area contributed by atoms with Gasteiger partial charge in [-0.2, -0.15) is 11.3 Å². The average Bonchev–Trinajstić information content (AvgIpc) is 2.72. The number of hydrogen-bond acceptors (Lipinski definition) is 2. The van der Waals surface area contributed by atoms with E-state index < -0.39 is 0 Å². The monoisotopic (exact) mass is 223 g/mol. The van der Waals surface area contributed by atoms with Gasteiger partial charge in [-0.15, -0.1) is 0 Å². The van der Waals surface area contributed by atoms with Crippen molar-refractivity contribution < 1.29 is 0 Å². The molecule has 1 aromatic rings. The lowest BCUT2D eigenvalue weighted by atomic mass is 9.70. The van der Waals surface area contributed by atoms with Gasteiger partial charge in [0.2, 0.25) is 0 Å². The second kappa shape index (κ2) is 5.13. The highest BCUT2D eigenvalue weighted by Gasteiger charge is 2.31. The van der Waals surface area contributed by atoms with Gasteiger partial charge in [0.15, 0.2) is 0 Å². The van der Waals surface area contributed by atoms with E-state index in [-0.39, 0.29) is 0 Å². The smallest absolute Gasteiger partial charge is 0.000800 e. The van der Waals surface area contributed by atoms with Gasteiger partial charge in [0, 0.05) is 6.54 Å². The summed E-state index contributed by atoms with van der Waals surface area (Å²) in [5.41, 5.74) is 2.09. The first-order valence-electron chi connectivity index (χ1n) is 6.00. The summed E-state index contributed by atoms with van der Waals surface area (Å²) in [6, 6.07) is 2.29. The van der Waals surface area contributed by atoms with Crippen LogP contribution in [-0.2, 0) is 6.42 Å². The molecule has 84 valence electrons. The van der Waals surface area contributed by atoms with Crippen molar-refractivity contribution in [3.8, 4) is 0 Å². The molecule has 1 fully saturated rings. The zero-order valence-electron chi connectivity index (χ0n) is 9.59. The van der Waals surface area contributed by atoms with Crippen LogP contribution in [0.2, 0.25) is 0 Å². The fraction of sp³-hybridized carbons (Fsp3) is 0.692. The van der Waals surface area contributed by atoms with Gasteiger partial charge in [-0.1, -0.05) is 19.3 Å². The van der Waals surface area contributed by atoms with E-state index >= 15 is 0 Å². The van der Waals surface area contributed by atoms with Crippen LogP contribution in [0.15, 0.2) is 16.8 Å². The van der Waals surface area contributed by atoms with Crippen molar-refractivity contribution in [3.05, 3.63) is 22.4 Å². The molecule has 1 heterocycles. The van der Waals surface area contributed by atoms with E-state index in [0.29, 0.717) is 5.41 Å². The summed E-state index contributed by atoms with van der Waals surface area (Å²) in [6.45, 7) is 1.18. The Labute approximate surface area is 96.9 Å². The number of rotatable bonds is 4. The molecule has 1 N–H and O–H groups in total. The van der Waals surface area contributed by atoms with Gasteiger partial charge in [-0.25, -0.2) is 0 Å². The lowest BCUT2D eigenvalue weighted by Crippen LogP contribution is -2.36. The average molecular weight is 223 g/mol. The van der Waals surface area contributed by atoms with Crippen LogP contribution >= 0.6 is 11.3 Å². The molecule has 0 amide bonds. The van der Waals surface area contributed by atoms with E-state index in [9.17, 15) is 0 Å². The minimum atomic E-state index is 0.550. The largest absolute Gasteiger partial charge is 0.319 e. The number of thiophene rings is 1. The van der Waals surface area contributed by atoms with Crippen LogP contribution in [0, 0.1) is 5.41 Å². The first-order valence-corrected chi connectivity index (χ1v) is 6.95. The zero-order chi connectivity index (χ0) is 10.6. The van der Waals surface area contributed by atoms with Crippen molar-refractivity contribution >= 4 is 11.3 Å². The van der Waals surface area contributed by atoms with Gasteiger partial charge < -0.3 is 5.32 Å². The molecule has 1 aliphatic rings. The van der Waals surface area contributed by atoms with Crippen LogP contribution in [-0.4, -0.2) is 13.6 Å². The summed E-state index contributed by atoms with van der Waals surface area (Å²) in [4.78, 5) is 0. The second-order valence-corrected chi connectivity index (χ2v) is 5.68. The number of hydrogen-bond donors (Lipinski definition) is 1. The molecule has 2 rings (SSSR count). The molecular weight excluding hydrogens is 202 g/mol. The Morgan fingerprint density at radius 2 is 2.13 bits per heavy atom. The maximum Gasteiger partial charge on any atom is 0.000800 e. The summed E-state index contributed by atoms with van der Waals surface area (Å²) >= 11 is 1.82. The van der Waals surface area contributed by atoms with Crippen LogP contribution in [0.25, 0.3) is 0 Å². The Morgan fingerprint density at radius 1 is 1.33 bits per heavy atom. The van der Waals surface area contributed by atoms with Crippen molar-refractivity contribution in [2.24, 2.45) is 5.41 Å². The van der Waals surface area contributed by atoms with Crippen LogP contribution in [0.4, 0.5) is 0 Å². The van der Waals surface area contributed by atoms with Crippen LogP contribution in [0.3, 0.4) is 0 Å². The van der Waals surface area contributed by atoms with Gasteiger partial charge in [-0.3, -0.25) is 0 Å². The van der Waals surface area contributed by atoms with Crippen LogP contribution in [0.1, 0.15) is 37.7 Å². The highest BCUT2D eigenvalue weighted by molar-refractivity contribution is 7.07. The van der Waals surface area contributed by atoms with E-state index in [2.05, 4.69) is 29.2 Å². The van der Waals surface area contributed by atoms with Gasteiger partial charge in [-0.05, 0) is 54.1 Å². The quantitative estimate of drug-likeness (QED) is 0.824. The highest BCUT2D eigenvalue weighted by atomic mass is 32.1. The van der Waals surface area contributed by atoms with E-state index in [1.807, 2.05) is 11.3 Å². The molecule has 1 saturated carbocycles. The highest BCUT2D eigenvalue weighted by Crippen LogP contribution is 2.38. The molecule has 1 aromatic heterocycles. The molecule has 2 heteroatoms. The number of nitrogens with one attached hydrogen (secondary N) is 1. The Balaban J connectivity index is 2.04. The van der Waals surface area contributed by atoms with E-state index in [1.165, 1.54) is 50.6 Å². The minimum absolute atomic E-state index is 0.550. The molecule has 15 heavy (non-hydrogen) atoms. The Morgan fingerprint density at radius 3 is 2.73 bits per heavy atom. The fourth-order valence-electron chi connectivity index (χ4n) is 2.92. The van der Waals surface area contributed by atoms with Crippen molar-refractivity contribution in [1.29, 1.82) is 0 Å². The molecule has 0 saturated heterocycles. The lowest BCUT2D eigenvalue weighted by Gasteiger charge is -2.37. The molecule has 1 aliphatic carbocycles. The maximum atomic E-state index is 3.39. The van der Waals surface area contributed by atoms with Gasteiger partial charge in [0.1, 0.15) is 0 Å². The molecule has 0 spiro atoms. The molecular formula is C13H21NS. The standard InChI is InChI=1S/C13H21NS/c1-14-11-13(6-3-2-4-7-13)9-12-5-8-15-10-12/h5,8,10,14H,2-4,6-7,9,11H2,1H3. The maximum absolute atomic E-state index is 3.39. The van der Waals surface area contributed by atoms with E-state index in [1.54, 1.807) is 0 Å². The van der Waals surface area contributed by atoms with Crippen molar-refractivity contribution in [1.82, 2.24) is 5.32 Å². The first-order chi connectivity index (χ1) is 7.35. The van der Waals surface area contributed by atoms with Gasteiger partial charge in [0.25, 0.3) is 0 Å². The summed E-state index contributed by atoms with van der Waals surface area (Å²) in [5.74, 6) is 0. The predicted molar refractivity (Wildman–Crippen MR) is 67.5 cm³/mol. The fourth-order valence-corrected chi connectivity index (χ4v) is 3.59. The molecule has 1 nitrogen and oxygen atoms in total. The minimum Gasteiger partial charge on any atom is -0.319 e. The second-order valence-electron chi connectivity index (χ2n) is 4.90. The third-order valence-electron chi connectivity index (χ3n) is 3.63. The zero-order valence-corrected chi connectivity index (χ0v) is 10.4. The molecule has 0 radical (unpaired) electrons. The van der Waals surface area contributed by atoms with Gasteiger partial charge in [0.05, 0.1) is 0 Å². The molecule has 0 aromatic carbocycles. The Bertz CT molecular complexity index is 267. The van der Waals surface area contributed by atoms with E-state index in [4.69, 9.17) is 0 Å². The lowest BCUT2D eigenvalue weighted by molar-refractivity contribution is 0.185. The predicted octanol–water partition coefficient (Wildman–Crippen LogP) is 3.46. The topological polar surface area (TPSA) is 12.0 Å². The van der Waals surface area contributed by atoms with Crippen LogP contribution < -0.4 is 5.32 Å². The third kappa shape index (κ3) is 2.82. The Hall–Kier alpha value is -0.340. The molecule has 0 atom stereocenters. The summed E-state index contributed by atoms with van der Waals surface area (Å²) in [5, 5.41) is 7.91. The Kier molecular flexibility index (Phi) is 3.81. The first kappa shape index (κ1) is 11.2. The summed E-state index contributed by atoms with van der Waals surface area (Å²) in [7, 11) is 2.09. The van der Waals surface area contributed by atoms with Crippen LogP contribution in [0.5, 0.6) is 0 Å². The summed E-state index contributed by atoms with van der Waals surface area (Å²) in [6.07, 6.45) is 8.37. The molecule has 0 bridgehead atoms. The summed E-state index contributed by atoms with van der Waals surface area (Å²) < 4.78 is 0. The van der Waals surface area contributed by atoms with Crippen molar-refractivity contribution in [3.63, 3.8) is 0 Å². The van der Waals surface area contributed by atoms with Crippen molar-refractivity contribution in [2.75, 3.05) is 13.6 Å². The van der Waals surface area contributed by atoms with Crippen molar-refractivity contribution in [2.45, 2.75) is 38.5 Å².